The maximum Gasteiger partial charge on any atom is 0.237 e. The third kappa shape index (κ3) is 2.47. The highest BCUT2D eigenvalue weighted by Crippen LogP contribution is 2.12. The van der Waals surface area contributed by atoms with E-state index in [9.17, 15) is 4.79 Å². The lowest BCUT2D eigenvalue weighted by Crippen LogP contribution is -2.38. The molecule has 0 spiro atoms. The molecule has 6 nitrogen and oxygen atoms in total. The molecule has 6 heteroatoms. The normalized spacial score (nSPS) is 13.2. The van der Waals surface area contributed by atoms with E-state index < -0.39 is 5.92 Å². The summed E-state index contributed by atoms with van der Waals surface area (Å²) < 4.78 is 0. The third-order valence-electron chi connectivity index (χ3n) is 2.29. The van der Waals surface area contributed by atoms with Crippen molar-refractivity contribution >= 4 is 17.4 Å². The number of anilines is 1. The van der Waals surface area contributed by atoms with Gasteiger partial charge in [-0.15, -0.1) is 0 Å². The zero-order valence-corrected chi connectivity index (χ0v) is 9.16. The van der Waals surface area contributed by atoms with Crippen LogP contribution >= 0.6 is 0 Å². The molecule has 0 aliphatic heterocycles. The molecule has 1 aromatic heterocycles. The molecule has 1 unspecified atom stereocenters. The van der Waals surface area contributed by atoms with Gasteiger partial charge in [-0.25, -0.2) is 0 Å². The zero-order chi connectivity index (χ0) is 12.1. The molecule has 1 aromatic rings. The smallest absolute Gasteiger partial charge is 0.237 e. The minimum Gasteiger partial charge on any atom is -0.409 e. The topological polar surface area (TPSA) is 91.8 Å². The first-order valence-corrected chi connectivity index (χ1v) is 4.73. The molecule has 0 bridgehead atoms. The number of amidine groups is 1. The second-order valence-electron chi connectivity index (χ2n) is 3.36. The number of carbonyl (C=O) groups is 1. The van der Waals surface area contributed by atoms with Crippen molar-refractivity contribution in [1.82, 2.24) is 4.98 Å². The van der Waals surface area contributed by atoms with Crippen LogP contribution in [-0.4, -0.2) is 29.0 Å². The number of carbonyl (C=O) groups excluding carboxylic acids is 1. The van der Waals surface area contributed by atoms with E-state index in [4.69, 9.17) is 10.9 Å². The van der Waals surface area contributed by atoms with Crippen LogP contribution in [0.25, 0.3) is 0 Å². The predicted molar refractivity (Wildman–Crippen MR) is 60.2 cm³/mol. The minimum atomic E-state index is -0.671. The molecule has 0 radical (unpaired) electrons. The minimum absolute atomic E-state index is 0.110. The first kappa shape index (κ1) is 12.0. The standard InChI is InChI=1S/C10H14N4O2/c1-7(9(11)13-16)10(15)14(2)8-4-3-5-12-6-8/h3-7,16H,1-2H3,(H2,11,13). The van der Waals surface area contributed by atoms with Gasteiger partial charge in [-0.2, -0.15) is 0 Å². The summed E-state index contributed by atoms with van der Waals surface area (Å²) in [7, 11) is 1.61. The van der Waals surface area contributed by atoms with Crippen LogP contribution < -0.4 is 10.6 Å². The van der Waals surface area contributed by atoms with E-state index in [-0.39, 0.29) is 11.7 Å². The van der Waals surface area contributed by atoms with Crippen molar-refractivity contribution in [3.8, 4) is 0 Å². The molecule has 0 aromatic carbocycles. The number of nitrogens with zero attached hydrogens (tertiary/aromatic N) is 3. The lowest BCUT2D eigenvalue weighted by atomic mass is 10.1. The van der Waals surface area contributed by atoms with Crippen LogP contribution in [-0.2, 0) is 4.79 Å². The number of rotatable bonds is 3. The number of hydrogen-bond acceptors (Lipinski definition) is 4. The maximum atomic E-state index is 11.9. The van der Waals surface area contributed by atoms with Gasteiger partial charge in [0.25, 0.3) is 0 Å². The molecule has 1 heterocycles. The molecular formula is C10H14N4O2. The van der Waals surface area contributed by atoms with Gasteiger partial charge in [0, 0.05) is 13.2 Å². The lowest BCUT2D eigenvalue weighted by molar-refractivity contribution is -0.119. The average molecular weight is 222 g/mol. The van der Waals surface area contributed by atoms with Gasteiger partial charge >= 0.3 is 0 Å². The lowest BCUT2D eigenvalue weighted by Gasteiger charge is -2.20. The summed E-state index contributed by atoms with van der Waals surface area (Å²) in [4.78, 5) is 17.2. The highest BCUT2D eigenvalue weighted by atomic mass is 16.4. The summed E-state index contributed by atoms with van der Waals surface area (Å²) in [5.41, 5.74) is 6.03. The Morgan fingerprint density at radius 3 is 2.88 bits per heavy atom. The fraction of sp³-hybridized carbons (Fsp3) is 0.300. The van der Waals surface area contributed by atoms with Gasteiger partial charge in [0.05, 0.1) is 17.8 Å². The van der Waals surface area contributed by atoms with Gasteiger partial charge in [-0.3, -0.25) is 9.78 Å². The van der Waals surface area contributed by atoms with Crippen LogP contribution in [0, 0.1) is 5.92 Å². The Hall–Kier alpha value is -2.11. The SMILES string of the molecule is CC(C(=O)N(C)c1cccnc1)C(N)=NO. The van der Waals surface area contributed by atoms with E-state index >= 15 is 0 Å². The molecule has 0 aliphatic rings. The van der Waals surface area contributed by atoms with E-state index in [0.717, 1.165) is 0 Å². The Morgan fingerprint density at radius 2 is 2.38 bits per heavy atom. The van der Waals surface area contributed by atoms with Crippen LogP contribution in [0.4, 0.5) is 5.69 Å². The number of aromatic nitrogens is 1. The summed E-state index contributed by atoms with van der Waals surface area (Å²) >= 11 is 0. The summed E-state index contributed by atoms with van der Waals surface area (Å²) in [6.07, 6.45) is 3.19. The van der Waals surface area contributed by atoms with E-state index in [0.29, 0.717) is 5.69 Å². The van der Waals surface area contributed by atoms with Crippen molar-refractivity contribution < 1.29 is 10.0 Å². The molecule has 1 atom stereocenters. The maximum absolute atomic E-state index is 11.9. The Kier molecular flexibility index (Phi) is 3.82. The molecule has 3 N–H and O–H groups in total. The summed E-state index contributed by atoms with van der Waals surface area (Å²) in [5, 5.41) is 11.3. The molecular weight excluding hydrogens is 208 g/mol. The second-order valence-corrected chi connectivity index (χ2v) is 3.36. The van der Waals surface area contributed by atoms with Gasteiger partial charge in [0.15, 0.2) is 5.84 Å². The average Bonchev–Trinajstić information content (AvgIpc) is 2.36. The van der Waals surface area contributed by atoms with Crippen molar-refractivity contribution in [3.63, 3.8) is 0 Å². The number of hydrogen-bond donors (Lipinski definition) is 2. The molecule has 1 rings (SSSR count). The van der Waals surface area contributed by atoms with Gasteiger partial charge in [-0.1, -0.05) is 5.16 Å². The first-order chi connectivity index (χ1) is 7.57. The quantitative estimate of drug-likeness (QED) is 0.335. The highest BCUT2D eigenvalue weighted by Gasteiger charge is 2.22. The third-order valence-corrected chi connectivity index (χ3v) is 2.29. The van der Waals surface area contributed by atoms with Crippen LogP contribution in [0.2, 0.25) is 0 Å². The summed E-state index contributed by atoms with van der Waals surface area (Å²) in [6.45, 7) is 1.57. The van der Waals surface area contributed by atoms with Crippen molar-refractivity contribution in [2.75, 3.05) is 11.9 Å². The number of amides is 1. The van der Waals surface area contributed by atoms with Crippen LogP contribution in [0.5, 0.6) is 0 Å². The van der Waals surface area contributed by atoms with Crippen molar-refractivity contribution in [1.29, 1.82) is 0 Å². The van der Waals surface area contributed by atoms with Gasteiger partial charge in [0.2, 0.25) is 5.91 Å². The monoisotopic (exact) mass is 222 g/mol. The van der Waals surface area contributed by atoms with Crippen molar-refractivity contribution in [3.05, 3.63) is 24.5 Å². The van der Waals surface area contributed by atoms with Crippen LogP contribution in [0.15, 0.2) is 29.7 Å². The largest absolute Gasteiger partial charge is 0.409 e. The van der Waals surface area contributed by atoms with E-state index in [1.807, 2.05) is 0 Å². The number of oxime groups is 1. The fourth-order valence-electron chi connectivity index (χ4n) is 1.18. The molecule has 1 amide bonds. The Labute approximate surface area is 93.4 Å². The molecule has 86 valence electrons. The van der Waals surface area contributed by atoms with Crippen molar-refractivity contribution in [2.45, 2.75) is 6.92 Å². The van der Waals surface area contributed by atoms with E-state index in [1.165, 1.54) is 4.90 Å². The van der Waals surface area contributed by atoms with Crippen molar-refractivity contribution in [2.24, 2.45) is 16.8 Å². The first-order valence-electron chi connectivity index (χ1n) is 4.73. The summed E-state index contributed by atoms with van der Waals surface area (Å²) in [5.74, 6) is -1.04. The molecule has 0 saturated heterocycles. The molecule has 0 aliphatic carbocycles. The number of pyridine rings is 1. The fourth-order valence-corrected chi connectivity index (χ4v) is 1.18. The number of nitrogens with two attached hydrogens (primary N) is 1. The van der Waals surface area contributed by atoms with Crippen LogP contribution in [0.1, 0.15) is 6.92 Å². The van der Waals surface area contributed by atoms with Crippen LogP contribution in [0.3, 0.4) is 0 Å². The van der Waals surface area contributed by atoms with Gasteiger partial charge < -0.3 is 15.8 Å². The van der Waals surface area contributed by atoms with E-state index in [2.05, 4.69) is 10.1 Å². The highest BCUT2D eigenvalue weighted by molar-refractivity contribution is 6.08. The summed E-state index contributed by atoms with van der Waals surface area (Å²) in [6, 6.07) is 3.48. The Bertz CT molecular complexity index is 391. The van der Waals surface area contributed by atoms with Gasteiger partial charge in [-0.05, 0) is 19.1 Å². The molecule has 0 saturated carbocycles. The molecule has 16 heavy (non-hydrogen) atoms. The van der Waals surface area contributed by atoms with Gasteiger partial charge in [0.1, 0.15) is 0 Å². The Morgan fingerprint density at radius 1 is 1.69 bits per heavy atom. The zero-order valence-electron chi connectivity index (χ0n) is 9.16. The second kappa shape index (κ2) is 5.11. The molecule has 0 fully saturated rings. The Balaban J connectivity index is 2.83. The van der Waals surface area contributed by atoms with E-state index in [1.54, 1.807) is 38.5 Å². The predicted octanol–water partition coefficient (Wildman–Crippen LogP) is 0.427.